The average Bonchev–Trinajstić information content (AvgIpc) is 3.39. The van der Waals surface area contributed by atoms with Crippen molar-refractivity contribution in [1.29, 1.82) is 0 Å². The Morgan fingerprint density at radius 3 is 2.16 bits per heavy atom. The first kappa shape index (κ1) is 20.1. The third kappa shape index (κ3) is 4.37. The van der Waals surface area contributed by atoms with Gasteiger partial charge in [0.2, 0.25) is 0 Å². The van der Waals surface area contributed by atoms with Gasteiger partial charge in [-0.1, -0.05) is 17.7 Å². The number of nitrogens with one attached hydrogen (secondary N) is 2. The van der Waals surface area contributed by atoms with Gasteiger partial charge in [-0.3, -0.25) is 9.59 Å². The summed E-state index contributed by atoms with van der Waals surface area (Å²) in [6.07, 6.45) is 1.44. The molecule has 2 aromatic carbocycles. The van der Waals surface area contributed by atoms with Crippen molar-refractivity contribution in [3.05, 3.63) is 89.1 Å². The fourth-order valence-corrected chi connectivity index (χ4v) is 3.15. The van der Waals surface area contributed by atoms with Crippen LogP contribution in [0.2, 0.25) is 0 Å². The maximum absolute atomic E-state index is 12.7. The summed E-state index contributed by atoms with van der Waals surface area (Å²) in [5.74, 6) is -0.485. The number of hydrogen-bond acceptors (Lipinski definition) is 5. The van der Waals surface area contributed by atoms with Gasteiger partial charge in [-0.25, -0.2) is 0 Å². The second kappa shape index (κ2) is 8.27. The summed E-state index contributed by atoms with van der Waals surface area (Å²) in [6, 6.07) is 15.9. The predicted molar refractivity (Wildman–Crippen MR) is 117 cm³/mol. The van der Waals surface area contributed by atoms with Crippen LogP contribution in [-0.4, -0.2) is 26.8 Å². The van der Waals surface area contributed by atoms with Gasteiger partial charge < -0.3 is 15.1 Å². The van der Waals surface area contributed by atoms with Crippen molar-refractivity contribution < 1.29 is 14.0 Å². The lowest BCUT2D eigenvalue weighted by atomic mass is 10.1. The normalized spacial score (nSPS) is 10.7. The molecule has 2 amide bonds. The van der Waals surface area contributed by atoms with Crippen LogP contribution in [0.1, 0.15) is 37.9 Å². The quantitative estimate of drug-likeness (QED) is 0.506. The van der Waals surface area contributed by atoms with Crippen molar-refractivity contribution >= 4 is 23.2 Å². The molecule has 156 valence electrons. The van der Waals surface area contributed by atoms with Crippen molar-refractivity contribution in [2.75, 3.05) is 10.6 Å². The molecule has 2 N–H and O–H groups in total. The highest BCUT2D eigenvalue weighted by molar-refractivity contribution is 6.04. The van der Waals surface area contributed by atoms with Crippen LogP contribution >= 0.6 is 0 Å². The number of aryl methyl sites for hydroxylation is 3. The lowest BCUT2D eigenvalue weighted by molar-refractivity contribution is 0.0994. The van der Waals surface area contributed by atoms with E-state index >= 15 is 0 Å². The number of carbonyl (C=O) groups is 2. The standard InChI is InChI=1S/C23H21N5O3/c1-14-6-11-19(15(2)13-14)28-26-16(3)21(27-28)23(30)25-18-9-7-17(8-10-18)24-22(29)20-5-4-12-31-20/h4-13H,1-3H3,(H,24,29)(H,25,30). The van der Waals surface area contributed by atoms with E-state index in [0.717, 1.165) is 16.8 Å². The SMILES string of the molecule is Cc1ccc(-n2nc(C)c(C(=O)Nc3ccc(NC(=O)c4ccco4)cc3)n2)c(C)c1. The van der Waals surface area contributed by atoms with E-state index in [1.807, 2.05) is 32.0 Å². The van der Waals surface area contributed by atoms with Crippen LogP contribution in [0.5, 0.6) is 0 Å². The van der Waals surface area contributed by atoms with E-state index < -0.39 is 0 Å². The molecule has 0 aliphatic rings. The Kier molecular flexibility index (Phi) is 5.36. The molecular weight excluding hydrogens is 394 g/mol. The first-order chi connectivity index (χ1) is 14.9. The summed E-state index contributed by atoms with van der Waals surface area (Å²) < 4.78 is 5.07. The summed E-state index contributed by atoms with van der Waals surface area (Å²) in [5.41, 5.74) is 4.92. The van der Waals surface area contributed by atoms with Gasteiger partial charge in [0, 0.05) is 11.4 Å². The minimum Gasteiger partial charge on any atom is -0.459 e. The third-order valence-corrected chi connectivity index (χ3v) is 4.71. The van der Waals surface area contributed by atoms with E-state index in [4.69, 9.17) is 4.42 Å². The van der Waals surface area contributed by atoms with Gasteiger partial charge in [-0.2, -0.15) is 9.90 Å². The zero-order valence-corrected chi connectivity index (χ0v) is 17.3. The minimum atomic E-state index is -0.360. The van der Waals surface area contributed by atoms with Gasteiger partial charge in [0.15, 0.2) is 11.5 Å². The Morgan fingerprint density at radius 2 is 1.55 bits per heavy atom. The largest absolute Gasteiger partial charge is 0.459 e. The van der Waals surface area contributed by atoms with Gasteiger partial charge >= 0.3 is 0 Å². The molecule has 8 nitrogen and oxygen atoms in total. The van der Waals surface area contributed by atoms with E-state index in [9.17, 15) is 9.59 Å². The maximum atomic E-state index is 12.7. The lowest BCUT2D eigenvalue weighted by Crippen LogP contribution is -2.14. The Labute approximate surface area is 178 Å². The van der Waals surface area contributed by atoms with E-state index in [-0.39, 0.29) is 23.3 Å². The minimum absolute atomic E-state index is 0.222. The molecule has 0 radical (unpaired) electrons. The van der Waals surface area contributed by atoms with E-state index in [1.54, 1.807) is 43.3 Å². The number of aromatic nitrogens is 3. The number of carbonyl (C=O) groups excluding carboxylic acids is 2. The monoisotopic (exact) mass is 415 g/mol. The molecule has 0 saturated carbocycles. The lowest BCUT2D eigenvalue weighted by Gasteiger charge is -2.07. The summed E-state index contributed by atoms with van der Waals surface area (Å²) in [6.45, 7) is 5.74. The van der Waals surface area contributed by atoms with Crippen molar-refractivity contribution in [2.45, 2.75) is 20.8 Å². The van der Waals surface area contributed by atoms with E-state index in [0.29, 0.717) is 17.1 Å². The topological polar surface area (TPSA) is 102 Å². The van der Waals surface area contributed by atoms with Gasteiger partial charge in [0.1, 0.15) is 0 Å². The van der Waals surface area contributed by atoms with E-state index in [2.05, 4.69) is 20.8 Å². The van der Waals surface area contributed by atoms with Crippen LogP contribution in [0.25, 0.3) is 5.69 Å². The summed E-state index contributed by atoms with van der Waals surface area (Å²) in [4.78, 5) is 26.2. The molecule has 0 saturated heterocycles. The second-order valence-electron chi connectivity index (χ2n) is 7.18. The number of hydrogen-bond donors (Lipinski definition) is 2. The van der Waals surface area contributed by atoms with Crippen molar-refractivity contribution in [2.24, 2.45) is 0 Å². The number of anilines is 2. The molecule has 8 heteroatoms. The molecule has 0 fully saturated rings. The molecule has 2 heterocycles. The third-order valence-electron chi connectivity index (χ3n) is 4.71. The number of amides is 2. The zero-order valence-electron chi connectivity index (χ0n) is 17.3. The predicted octanol–water partition coefficient (Wildman–Crippen LogP) is 4.29. The molecule has 0 unspecified atom stereocenters. The van der Waals surface area contributed by atoms with Crippen molar-refractivity contribution in [3.63, 3.8) is 0 Å². The summed E-state index contributed by atoms with van der Waals surface area (Å²) in [7, 11) is 0. The molecule has 0 aliphatic carbocycles. The molecular formula is C23H21N5O3. The maximum Gasteiger partial charge on any atom is 0.291 e. The second-order valence-corrected chi connectivity index (χ2v) is 7.18. The van der Waals surface area contributed by atoms with Crippen LogP contribution in [-0.2, 0) is 0 Å². The molecule has 0 bridgehead atoms. The number of benzene rings is 2. The molecule has 0 spiro atoms. The van der Waals surface area contributed by atoms with E-state index in [1.165, 1.54) is 11.1 Å². The summed E-state index contributed by atoms with van der Waals surface area (Å²) >= 11 is 0. The Morgan fingerprint density at radius 1 is 0.871 bits per heavy atom. The van der Waals surface area contributed by atoms with Gasteiger partial charge in [-0.05, 0) is 68.8 Å². The van der Waals surface area contributed by atoms with Crippen LogP contribution < -0.4 is 10.6 Å². The van der Waals surface area contributed by atoms with Crippen molar-refractivity contribution in [1.82, 2.24) is 15.0 Å². The number of furan rings is 1. The zero-order chi connectivity index (χ0) is 22.0. The first-order valence-electron chi connectivity index (χ1n) is 9.68. The highest BCUT2D eigenvalue weighted by atomic mass is 16.3. The molecule has 0 aliphatic heterocycles. The van der Waals surface area contributed by atoms with Crippen LogP contribution in [0.15, 0.2) is 65.3 Å². The fourth-order valence-electron chi connectivity index (χ4n) is 3.15. The molecule has 0 atom stereocenters. The molecule has 2 aromatic heterocycles. The van der Waals surface area contributed by atoms with Gasteiger partial charge in [-0.15, -0.1) is 5.10 Å². The molecule has 4 rings (SSSR count). The molecule has 31 heavy (non-hydrogen) atoms. The van der Waals surface area contributed by atoms with Crippen LogP contribution in [0.3, 0.4) is 0 Å². The average molecular weight is 415 g/mol. The highest BCUT2D eigenvalue weighted by Gasteiger charge is 2.17. The Hall–Kier alpha value is -4.20. The van der Waals surface area contributed by atoms with Crippen LogP contribution in [0.4, 0.5) is 11.4 Å². The van der Waals surface area contributed by atoms with Crippen molar-refractivity contribution in [3.8, 4) is 5.69 Å². The van der Waals surface area contributed by atoms with Gasteiger partial charge in [0.25, 0.3) is 11.8 Å². The fraction of sp³-hybridized carbons (Fsp3) is 0.130. The smallest absolute Gasteiger partial charge is 0.291 e. The first-order valence-corrected chi connectivity index (χ1v) is 9.68. The van der Waals surface area contributed by atoms with Crippen LogP contribution in [0, 0.1) is 20.8 Å². The van der Waals surface area contributed by atoms with Gasteiger partial charge in [0.05, 0.1) is 17.6 Å². The number of nitrogens with zero attached hydrogens (tertiary/aromatic N) is 3. The number of rotatable bonds is 5. The molecule has 4 aromatic rings. The Bertz CT molecular complexity index is 1240. The summed E-state index contributed by atoms with van der Waals surface area (Å²) in [5, 5.41) is 14.3. The Balaban J connectivity index is 1.46. The highest BCUT2D eigenvalue weighted by Crippen LogP contribution is 2.18.